The van der Waals surface area contributed by atoms with Gasteiger partial charge in [0.1, 0.15) is 16.4 Å². The van der Waals surface area contributed by atoms with E-state index in [4.69, 9.17) is 0 Å². The summed E-state index contributed by atoms with van der Waals surface area (Å²) in [5, 5.41) is 2.37. The van der Waals surface area contributed by atoms with Gasteiger partial charge in [-0.25, -0.2) is 13.2 Å². The number of rotatable bonds is 2. The van der Waals surface area contributed by atoms with Crippen molar-refractivity contribution in [3.8, 4) is 0 Å². The predicted molar refractivity (Wildman–Crippen MR) is 38.0 cm³/mol. The van der Waals surface area contributed by atoms with E-state index in [1.807, 2.05) is 0 Å². The lowest BCUT2D eigenvalue weighted by Gasteiger charge is -2.03. The molecule has 0 aromatic carbocycles. The highest BCUT2D eigenvalue weighted by atomic mass is 32.2. The Morgan fingerprint density at radius 1 is 1.73 bits per heavy atom. The van der Waals surface area contributed by atoms with Gasteiger partial charge in [0.15, 0.2) is 0 Å². The molecule has 1 heterocycles. The van der Waals surface area contributed by atoms with Crippen LogP contribution in [0.1, 0.15) is 0 Å². The van der Waals surface area contributed by atoms with Crippen LogP contribution in [0.2, 0.25) is 0 Å². The molecule has 64 valence electrons. The van der Waals surface area contributed by atoms with Gasteiger partial charge in [0.05, 0.1) is 11.8 Å². The Bertz CT molecular complexity index is 258. The molecule has 1 rings (SSSR count). The average Bonchev–Trinajstić information content (AvgIpc) is 2.10. The van der Waals surface area contributed by atoms with Crippen LogP contribution in [0.25, 0.3) is 0 Å². The van der Waals surface area contributed by atoms with Crippen LogP contribution >= 0.6 is 0 Å². The van der Waals surface area contributed by atoms with Gasteiger partial charge in [0.25, 0.3) is 0 Å². The molecular formula is C5H9NO4S. The quantitative estimate of drug-likeness (QED) is 0.598. The van der Waals surface area contributed by atoms with Crippen molar-refractivity contribution in [3.63, 3.8) is 0 Å². The minimum absolute atomic E-state index is 0.0568. The van der Waals surface area contributed by atoms with Crippen LogP contribution in [0.5, 0.6) is 0 Å². The zero-order valence-corrected chi connectivity index (χ0v) is 6.85. The largest absolute Gasteiger partial charge is 0.447 e. The summed E-state index contributed by atoms with van der Waals surface area (Å²) in [4.78, 5) is 10.4. The van der Waals surface area contributed by atoms with Crippen LogP contribution in [0.15, 0.2) is 0 Å². The van der Waals surface area contributed by atoms with Gasteiger partial charge >= 0.3 is 6.09 Å². The van der Waals surface area contributed by atoms with E-state index in [1.54, 1.807) is 0 Å². The van der Waals surface area contributed by atoms with Crippen molar-refractivity contribution in [1.29, 1.82) is 0 Å². The molecule has 1 aliphatic rings. The van der Waals surface area contributed by atoms with Crippen LogP contribution in [0.4, 0.5) is 4.79 Å². The first-order valence-corrected chi connectivity index (χ1v) is 5.14. The minimum atomic E-state index is -3.03. The van der Waals surface area contributed by atoms with Gasteiger partial charge < -0.3 is 10.1 Å². The van der Waals surface area contributed by atoms with E-state index in [9.17, 15) is 13.2 Å². The Hall–Kier alpha value is -0.780. The highest BCUT2D eigenvalue weighted by molar-refractivity contribution is 7.90. The third kappa shape index (κ3) is 2.75. The standard InChI is InChI=1S/C5H9NO4S/c1-11(8,9)3-4-2-10-5(7)6-4/h4H,2-3H2,1H3,(H,6,7). The van der Waals surface area contributed by atoms with Crippen molar-refractivity contribution in [2.45, 2.75) is 6.04 Å². The van der Waals surface area contributed by atoms with Crippen molar-refractivity contribution in [2.24, 2.45) is 0 Å². The third-order valence-electron chi connectivity index (χ3n) is 1.24. The summed E-state index contributed by atoms with van der Waals surface area (Å²) in [7, 11) is -3.03. The second-order valence-electron chi connectivity index (χ2n) is 2.53. The SMILES string of the molecule is CS(=O)(=O)CC1COC(=O)N1. The molecule has 0 spiro atoms. The number of sulfone groups is 1. The highest BCUT2D eigenvalue weighted by Crippen LogP contribution is 1.99. The zero-order chi connectivity index (χ0) is 8.48. The topological polar surface area (TPSA) is 72.5 Å². The zero-order valence-electron chi connectivity index (χ0n) is 6.03. The monoisotopic (exact) mass is 179 g/mol. The number of hydrogen-bond donors (Lipinski definition) is 1. The molecule has 0 aromatic heterocycles. The smallest absolute Gasteiger partial charge is 0.407 e. The molecule has 1 fully saturated rings. The molecule has 6 heteroatoms. The Kier molecular flexibility index (Phi) is 2.03. The highest BCUT2D eigenvalue weighted by Gasteiger charge is 2.25. The molecule has 1 saturated heterocycles. The molecule has 5 nitrogen and oxygen atoms in total. The normalized spacial score (nSPS) is 24.5. The first-order valence-electron chi connectivity index (χ1n) is 3.08. The van der Waals surface area contributed by atoms with E-state index in [2.05, 4.69) is 10.1 Å². The summed E-state index contributed by atoms with van der Waals surface area (Å²) >= 11 is 0. The summed E-state index contributed by atoms with van der Waals surface area (Å²) in [5.41, 5.74) is 0. The average molecular weight is 179 g/mol. The summed E-state index contributed by atoms with van der Waals surface area (Å²) in [6.07, 6.45) is 0.580. The van der Waals surface area contributed by atoms with Crippen molar-refractivity contribution < 1.29 is 17.9 Å². The van der Waals surface area contributed by atoms with E-state index < -0.39 is 15.9 Å². The Morgan fingerprint density at radius 3 is 2.73 bits per heavy atom. The molecule has 1 unspecified atom stereocenters. The van der Waals surface area contributed by atoms with Crippen molar-refractivity contribution in [3.05, 3.63) is 0 Å². The molecule has 0 aromatic rings. The molecule has 0 saturated carbocycles. The number of ether oxygens (including phenoxy) is 1. The van der Waals surface area contributed by atoms with Gasteiger partial charge in [-0.15, -0.1) is 0 Å². The molecule has 0 aliphatic carbocycles. The molecular weight excluding hydrogens is 170 g/mol. The van der Waals surface area contributed by atoms with Gasteiger partial charge in [-0.1, -0.05) is 0 Å². The lowest BCUT2D eigenvalue weighted by molar-refractivity contribution is 0.177. The molecule has 1 N–H and O–H groups in total. The fourth-order valence-electron chi connectivity index (χ4n) is 0.882. The van der Waals surface area contributed by atoms with E-state index in [1.165, 1.54) is 0 Å². The first-order chi connectivity index (χ1) is 4.97. The molecule has 0 bridgehead atoms. The number of amides is 1. The Balaban J connectivity index is 2.47. The van der Waals surface area contributed by atoms with Crippen molar-refractivity contribution in [1.82, 2.24) is 5.32 Å². The fraction of sp³-hybridized carbons (Fsp3) is 0.800. The van der Waals surface area contributed by atoms with E-state index >= 15 is 0 Å². The van der Waals surface area contributed by atoms with Gasteiger partial charge in [0.2, 0.25) is 0 Å². The van der Waals surface area contributed by atoms with E-state index in [0.717, 1.165) is 6.26 Å². The van der Waals surface area contributed by atoms with Gasteiger partial charge in [-0.3, -0.25) is 0 Å². The number of cyclic esters (lactones) is 1. The molecule has 1 aliphatic heterocycles. The Morgan fingerprint density at radius 2 is 2.36 bits per heavy atom. The maximum atomic E-state index is 10.7. The number of carbonyl (C=O) groups excluding carboxylic acids is 1. The predicted octanol–water partition coefficient (Wildman–Crippen LogP) is -0.861. The minimum Gasteiger partial charge on any atom is -0.447 e. The maximum absolute atomic E-state index is 10.7. The van der Waals surface area contributed by atoms with E-state index in [-0.39, 0.29) is 18.4 Å². The van der Waals surface area contributed by atoms with Crippen molar-refractivity contribution >= 4 is 15.9 Å². The number of nitrogens with one attached hydrogen (secondary N) is 1. The Labute approximate surface area is 64.6 Å². The molecule has 0 radical (unpaired) electrons. The lowest BCUT2D eigenvalue weighted by Crippen LogP contribution is -2.32. The van der Waals surface area contributed by atoms with Crippen molar-refractivity contribution in [2.75, 3.05) is 18.6 Å². The van der Waals surface area contributed by atoms with Crippen LogP contribution in [-0.4, -0.2) is 39.2 Å². The summed E-state index contributed by atoms with van der Waals surface area (Å²) < 4.78 is 25.9. The molecule has 1 amide bonds. The van der Waals surface area contributed by atoms with Crippen LogP contribution in [0, 0.1) is 0 Å². The second-order valence-corrected chi connectivity index (χ2v) is 4.72. The fourth-order valence-corrected chi connectivity index (χ4v) is 1.79. The van der Waals surface area contributed by atoms with Gasteiger partial charge in [-0.2, -0.15) is 0 Å². The van der Waals surface area contributed by atoms with Crippen LogP contribution in [-0.2, 0) is 14.6 Å². The molecule has 1 atom stereocenters. The van der Waals surface area contributed by atoms with Crippen LogP contribution in [0.3, 0.4) is 0 Å². The molecule has 11 heavy (non-hydrogen) atoms. The first kappa shape index (κ1) is 8.32. The summed E-state index contributed by atoms with van der Waals surface area (Å²) in [5.74, 6) is -0.0568. The maximum Gasteiger partial charge on any atom is 0.407 e. The lowest BCUT2D eigenvalue weighted by atomic mass is 10.4. The van der Waals surface area contributed by atoms with Gasteiger partial charge in [-0.05, 0) is 0 Å². The third-order valence-corrected chi connectivity index (χ3v) is 2.25. The number of carbonyl (C=O) groups is 1. The van der Waals surface area contributed by atoms with Gasteiger partial charge in [0, 0.05) is 6.26 Å². The summed E-state index contributed by atoms with van der Waals surface area (Å²) in [6, 6.07) is -0.377. The van der Waals surface area contributed by atoms with Crippen LogP contribution < -0.4 is 5.32 Å². The number of alkyl carbamates (subject to hydrolysis) is 1. The summed E-state index contributed by atoms with van der Waals surface area (Å²) in [6.45, 7) is 0.145. The second kappa shape index (κ2) is 2.69. The number of hydrogen-bond acceptors (Lipinski definition) is 4. The van der Waals surface area contributed by atoms with E-state index in [0.29, 0.717) is 0 Å².